The molecule has 0 aliphatic heterocycles. The van der Waals surface area contributed by atoms with E-state index in [4.69, 9.17) is 5.11 Å². The molecule has 5 nitrogen and oxygen atoms in total. The molecule has 0 unspecified atom stereocenters. The Labute approximate surface area is 77.5 Å². The Kier molecular flexibility index (Phi) is 5.88. The van der Waals surface area contributed by atoms with Crippen molar-refractivity contribution in [1.29, 1.82) is 0 Å². The molecular formula is C8H16N2O3. The lowest BCUT2D eigenvalue weighted by molar-refractivity contribution is -0.141. The van der Waals surface area contributed by atoms with Crippen LogP contribution < -0.4 is 10.6 Å². The van der Waals surface area contributed by atoms with Gasteiger partial charge in [-0.25, -0.2) is 4.79 Å². The number of likely N-dealkylation sites (N-methyl/N-ethyl adjacent to an activating group) is 1. The first kappa shape index (κ1) is 11.9. The smallest absolute Gasteiger partial charge is 0.326 e. The summed E-state index contributed by atoms with van der Waals surface area (Å²) in [7, 11) is 0. The summed E-state index contributed by atoms with van der Waals surface area (Å²) in [4.78, 5) is 21.5. The van der Waals surface area contributed by atoms with Crippen LogP contribution in [0.25, 0.3) is 0 Å². The second-order valence-corrected chi connectivity index (χ2v) is 2.65. The highest BCUT2D eigenvalue weighted by Gasteiger charge is 2.16. The van der Waals surface area contributed by atoms with Crippen molar-refractivity contribution < 1.29 is 14.7 Å². The number of hydrogen-bond donors (Lipinski definition) is 3. The van der Waals surface area contributed by atoms with Gasteiger partial charge in [-0.3, -0.25) is 4.79 Å². The fourth-order valence-electron chi connectivity index (χ4n) is 0.822. The molecule has 13 heavy (non-hydrogen) atoms. The quantitative estimate of drug-likeness (QED) is 0.529. The number of carbonyl (C=O) groups excluding carboxylic acids is 1. The monoisotopic (exact) mass is 188 g/mol. The van der Waals surface area contributed by atoms with E-state index in [1.54, 1.807) is 6.92 Å². The number of amides is 1. The molecule has 5 heteroatoms. The summed E-state index contributed by atoms with van der Waals surface area (Å²) >= 11 is 0. The summed E-state index contributed by atoms with van der Waals surface area (Å²) < 4.78 is 0. The zero-order chi connectivity index (χ0) is 10.3. The number of nitrogens with one attached hydrogen (secondary N) is 2. The number of carboxylic acid groups (broad SMARTS) is 1. The van der Waals surface area contributed by atoms with E-state index < -0.39 is 12.0 Å². The van der Waals surface area contributed by atoms with Crippen LogP contribution in [-0.2, 0) is 9.59 Å². The van der Waals surface area contributed by atoms with Gasteiger partial charge in [-0.05, 0) is 13.0 Å². The molecule has 0 heterocycles. The lowest BCUT2D eigenvalue weighted by atomic mass is 10.2. The number of rotatable bonds is 6. The summed E-state index contributed by atoms with van der Waals surface area (Å²) in [5, 5.41) is 13.8. The number of carboxylic acids is 1. The Hall–Kier alpha value is -1.10. The van der Waals surface area contributed by atoms with Crippen molar-refractivity contribution in [2.45, 2.75) is 26.3 Å². The van der Waals surface area contributed by atoms with Crippen molar-refractivity contribution in [3.8, 4) is 0 Å². The van der Waals surface area contributed by atoms with E-state index in [9.17, 15) is 9.59 Å². The molecule has 1 amide bonds. The zero-order valence-corrected chi connectivity index (χ0v) is 7.96. The van der Waals surface area contributed by atoms with Gasteiger partial charge in [0.25, 0.3) is 0 Å². The summed E-state index contributed by atoms with van der Waals surface area (Å²) in [6.45, 7) is 4.45. The number of aliphatic carboxylic acids is 1. The molecule has 0 saturated carbocycles. The van der Waals surface area contributed by atoms with Crippen LogP contribution in [0.3, 0.4) is 0 Å². The van der Waals surface area contributed by atoms with Gasteiger partial charge in [0.15, 0.2) is 0 Å². The van der Waals surface area contributed by atoms with E-state index in [1.807, 2.05) is 6.92 Å². The van der Waals surface area contributed by atoms with Crippen LogP contribution in [0.1, 0.15) is 20.3 Å². The average Bonchev–Trinajstić information content (AvgIpc) is 2.10. The summed E-state index contributed by atoms with van der Waals surface area (Å²) in [6, 6.07) is -0.772. The third-order valence-corrected chi connectivity index (χ3v) is 1.58. The van der Waals surface area contributed by atoms with E-state index in [0.717, 1.165) is 0 Å². The largest absolute Gasteiger partial charge is 0.480 e. The summed E-state index contributed by atoms with van der Waals surface area (Å²) in [5.74, 6) is -1.27. The summed E-state index contributed by atoms with van der Waals surface area (Å²) in [6.07, 6.45) is 0.396. The highest BCUT2D eigenvalue weighted by atomic mass is 16.4. The molecule has 0 aromatic rings. The molecule has 0 fully saturated rings. The Morgan fingerprint density at radius 1 is 1.38 bits per heavy atom. The predicted octanol–water partition coefficient (Wildman–Crippen LogP) is -0.425. The van der Waals surface area contributed by atoms with E-state index in [0.29, 0.717) is 13.0 Å². The van der Waals surface area contributed by atoms with Crippen molar-refractivity contribution in [2.75, 3.05) is 13.1 Å². The second kappa shape index (κ2) is 6.42. The van der Waals surface area contributed by atoms with Crippen LogP contribution in [0.15, 0.2) is 0 Å². The highest BCUT2D eigenvalue weighted by molar-refractivity contribution is 5.84. The van der Waals surface area contributed by atoms with Crippen molar-refractivity contribution in [2.24, 2.45) is 0 Å². The van der Waals surface area contributed by atoms with Crippen LogP contribution in [0.5, 0.6) is 0 Å². The Morgan fingerprint density at radius 2 is 2.00 bits per heavy atom. The van der Waals surface area contributed by atoms with Crippen molar-refractivity contribution in [3.05, 3.63) is 0 Å². The van der Waals surface area contributed by atoms with Gasteiger partial charge >= 0.3 is 5.97 Å². The van der Waals surface area contributed by atoms with Crippen molar-refractivity contribution in [3.63, 3.8) is 0 Å². The molecule has 0 bridgehead atoms. The molecule has 1 atom stereocenters. The lowest BCUT2D eigenvalue weighted by Crippen LogP contribution is -2.44. The van der Waals surface area contributed by atoms with E-state index in [1.165, 1.54) is 0 Å². The van der Waals surface area contributed by atoms with Crippen LogP contribution in [0, 0.1) is 0 Å². The van der Waals surface area contributed by atoms with Crippen LogP contribution in [-0.4, -0.2) is 36.1 Å². The van der Waals surface area contributed by atoms with E-state index >= 15 is 0 Å². The van der Waals surface area contributed by atoms with Gasteiger partial charge in [0.1, 0.15) is 6.04 Å². The lowest BCUT2D eigenvalue weighted by Gasteiger charge is -2.11. The van der Waals surface area contributed by atoms with Crippen molar-refractivity contribution >= 4 is 11.9 Å². The topological polar surface area (TPSA) is 78.4 Å². The Bertz CT molecular complexity index is 182. The van der Waals surface area contributed by atoms with Gasteiger partial charge < -0.3 is 15.7 Å². The molecule has 0 radical (unpaired) electrons. The maximum absolute atomic E-state index is 11.0. The Balaban J connectivity index is 3.80. The zero-order valence-electron chi connectivity index (χ0n) is 7.96. The fourth-order valence-corrected chi connectivity index (χ4v) is 0.822. The van der Waals surface area contributed by atoms with Gasteiger partial charge in [0.2, 0.25) is 5.91 Å². The minimum absolute atomic E-state index is 0.167. The third-order valence-electron chi connectivity index (χ3n) is 1.58. The van der Waals surface area contributed by atoms with Gasteiger partial charge in [-0.1, -0.05) is 13.8 Å². The maximum atomic E-state index is 11.0. The molecule has 0 rings (SSSR count). The predicted molar refractivity (Wildman–Crippen MR) is 48.4 cm³/mol. The Morgan fingerprint density at radius 3 is 2.38 bits per heavy atom. The number of carbonyl (C=O) groups is 2. The fraction of sp³-hybridized carbons (Fsp3) is 0.750. The van der Waals surface area contributed by atoms with Crippen LogP contribution >= 0.6 is 0 Å². The van der Waals surface area contributed by atoms with Gasteiger partial charge in [0, 0.05) is 0 Å². The molecule has 0 aliphatic carbocycles. The first-order valence-electron chi connectivity index (χ1n) is 4.34. The van der Waals surface area contributed by atoms with E-state index in [-0.39, 0.29) is 12.5 Å². The molecule has 0 aliphatic rings. The number of hydrogen-bond acceptors (Lipinski definition) is 3. The second-order valence-electron chi connectivity index (χ2n) is 2.65. The molecular weight excluding hydrogens is 172 g/mol. The third kappa shape index (κ3) is 5.19. The SMILES string of the molecule is CCNCC(=O)N[C@H](CC)C(=O)O. The van der Waals surface area contributed by atoms with Gasteiger partial charge in [0.05, 0.1) is 6.54 Å². The van der Waals surface area contributed by atoms with Crippen LogP contribution in [0.2, 0.25) is 0 Å². The molecule has 0 spiro atoms. The van der Waals surface area contributed by atoms with E-state index in [2.05, 4.69) is 10.6 Å². The highest BCUT2D eigenvalue weighted by Crippen LogP contribution is 1.89. The van der Waals surface area contributed by atoms with Crippen molar-refractivity contribution in [1.82, 2.24) is 10.6 Å². The normalized spacial score (nSPS) is 12.2. The van der Waals surface area contributed by atoms with Crippen LogP contribution in [0.4, 0.5) is 0 Å². The standard InChI is InChI=1S/C8H16N2O3/c1-3-6(8(12)13)10-7(11)5-9-4-2/h6,9H,3-5H2,1-2H3,(H,10,11)(H,12,13)/t6-/m1/s1. The van der Waals surface area contributed by atoms with Gasteiger partial charge in [-0.2, -0.15) is 0 Å². The summed E-state index contributed by atoms with van der Waals surface area (Å²) in [5.41, 5.74) is 0. The minimum Gasteiger partial charge on any atom is -0.480 e. The average molecular weight is 188 g/mol. The molecule has 3 N–H and O–H groups in total. The molecule has 0 aromatic heterocycles. The minimum atomic E-state index is -0.993. The molecule has 0 aromatic carbocycles. The molecule has 0 saturated heterocycles. The first-order chi connectivity index (χ1) is 6.11. The molecule has 76 valence electrons. The maximum Gasteiger partial charge on any atom is 0.326 e. The van der Waals surface area contributed by atoms with Gasteiger partial charge in [-0.15, -0.1) is 0 Å². The first-order valence-corrected chi connectivity index (χ1v) is 4.34.